The second-order valence-corrected chi connectivity index (χ2v) is 7.07. The van der Waals surface area contributed by atoms with Crippen LogP contribution in [0.2, 0.25) is 0 Å². The van der Waals surface area contributed by atoms with E-state index >= 15 is 0 Å². The van der Waals surface area contributed by atoms with Gasteiger partial charge in [-0.15, -0.1) is 0 Å². The highest BCUT2D eigenvalue weighted by atomic mass is 16.2. The number of hydrogen-bond acceptors (Lipinski definition) is 5. The summed E-state index contributed by atoms with van der Waals surface area (Å²) in [6.07, 6.45) is 5.49. The summed E-state index contributed by atoms with van der Waals surface area (Å²) in [5.41, 5.74) is 2.10. The van der Waals surface area contributed by atoms with Crippen LogP contribution < -0.4 is 20.9 Å². The summed E-state index contributed by atoms with van der Waals surface area (Å²) in [5, 5.41) is 7.91. The van der Waals surface area contributed by atoms with Gasteiger partial charge < -0.3 is 20.9 Å². The normalized spacial score (nSPS) is 14.2. The fourth-order valence-electron chi connectivity index (χ4n) is 3.32. The van der Waals surface area contributed by atoms with Gasteiger partial charge in [-0.3, -0.25) is 19.4 Å². The summed E-state index contributed by atoms with van der Waals surface area (Å²) in [7, 11) is 0. The van der Waals surface area contributed by atoms with Gasteiger partial charge in [0.15, 0.2) is 0 Å². The Hall–Kier alpha value is -3.42. The third kappa shape index (κ3) is 6.03. The highest BCUT2D eigenvalue weighted by Crippen LogP contribution is 2.22. The Morgan fingerprint density at radius 1 is 1.03 bits per heavy atom. The van der Waals surface area contributed by atoms with E-state index in [4.69, 9.17) is 0 Å². The van der Waals surface area contributed by atoms with Crippen molar-refractivity contribution in [1.82, 2.24) is 10.3 Å². The molecule has 3 rings (SSSR count). The maximum atomic E-state index is 12.1. The van der Waals surface area contributed by atoms with Crippen molar-refractivity contribution >= 4 is 34.8 Å². The summed E-state index contributed by atoms with van der Waals surface area (Å²) >= 11 is 0. The van der Waals surface area contributed by atoms with Gasteiger partial charge in [0.25, 0.3) is 0 Å². The van der Waals surface area contributed by atoms with Crippen molar-refractivity contribution in [2.75, 3.05) is 35.2 Å². The lowest BCUT2D eigenvalue weighted by molar-refractivity contribution is -0.136. The molecule has 152 valence electrons. The molecule has 0 spiro atoms. The molecule has 1 fully saturated rings. The second kappa shape index (κ2) is 9.68. The minimum atomic E-state index is -0.724. The maximum absolute atomic E-state index is 12.1. The van der Waals surface area contributed by atoms with Crippen LogP contribution >= 0.6 is 0 Å². The van der Waals surface area contributed by atoms with Crippen LogP contribution in [0.25, 0.3) is 0 Å². The summed E-state index contributed by atoms with van der Waals surface area (Å²) in [6.45, 7) is 3.67. The van der Waals surface area contributed by atoms with Crippen molar-refractivity contribution in [2.45, 2.75) is 19.8 Å². The van der Waals surface area contributed by atoms with E-state index in [-0.39, 0.29) is 5.91 Å². The maximum Gasteiger partial charge on any atom is 0.313 e. The molecular weight excluding hydrogens is 370 g/mol. The Kier molecular flexibility index (Phi) is 6.78. The van der Waals surface area contributed by atoms with Gasteiger partial charge in [0.1, 0.15) is 0 Å². The molecule has 1 saturated heterocycles. The third-order valence-electron chi connectivity index (χ3n) is 4.82. The van der Waals surface area contributed by atoms with E-state index in [0.717, 1.165) is 31.6 Å². The number of nitrogens with one attached hydrogen (secondary N) is 3. The molecule has 8 nitrogen and oxygen atoms in total. The first-order chi connectivity index (χ1) is 14.0. The van der Waals surface area contributed by atoms with Crippen molar-refractivity contribution in [2.24, 2.45) is 5.92 Å². The molecule has 1 aromatic heterocycles. The Balaban J connectivity index is 1.43. The van der Waals surface area contributed by atoms with E-state index in [1.807, 2.05) is 18.3 Å². The van der Waals surface area contributed by atoms with Crippen LogP contribution in [0.15, 0.2) is 48.8 Å². The number of piperidine rings is 1. The zero-order chi connectivity index (χ0) is 20.6. The summed E-state index contributed by atoms with van der Waals surface area (Å²) in [6, 6.07) is 10.6. The Morgan fingerprint density at radius 2 is 1.76 bits per heavy atom. The van der Waals surface area contributed by atoms with Crippen molar-refractivity contribution in [3.8, 4) is 0 Å². The first-order valence-corrected chi connectivity index (χ1v) is 9.63. The zero-order valence-corrected chi connectivity index (χ0v) is 16.4. The fourth-order valence-corrected chi connectivity index (χ4v) is 3.32. The molecule has 3 amide bonds. The molecule has 2 heterocycles. The Morgan fingerprint density at radius 3 is 2.41 bits per heavy atom. The van der Waals surface area contributed by atoms with Gasteiger partial charge in [0.2, 0.25) is 5.91 Å². The Bertz CT molecular complexity index is 864. The van der Waals surface area contributed by atoms with Crippen LogP contribution in [0.4, 0.5) is 17.1 Å². The predicted molar refractivity (Wildman–Crippen MR) is 112 cm³/mol. The van der Waals surface area contributed by atoms with Crippen LogP contribution in [0.3, 0.4) is 0 Å². The molecule has 1 aliphatic rings. The number of carbonyl (C=O) groups is 3. The lowest BCUT2D eigenvalue weighted by atomic mass is 9.96. The highest BCUT2D eigenvalue weighted by Gasteiger charge is 2.21. The summed E-state index contributed by atoms with van der Waals surface area (Å²) < 4.78 is 0. The van der Waals surface area contributed by atoms with E-state index in [1.165, 1.54) is 6.92 Å². The first-order valence-electron chi connectivity index (χ1n) is 9.63. The summed E-state index contributed by atoms with van der Waals surface area (Å²) in [4.78, 5) is 41.8. The van der Waals surface area contributed by atoms with Crippen LogP contribution in [-0.4, -0.2) is 42.3 Å². The minimum Gasteiger partial charge on any atom is -0.370 e. The molecule has 0 atom stereocenters. The van der Waals surface area contributed by atoms with Crippen LogP contribution in [-0.2, 0) is 14.4 Å². The fraction of sp³-hybridized carbons (Fsp3) is 0.333. The van der Waals surface area contributed by atoms with Gasteiger partial charge in [-0.25, -0.2) is 0 Å². The predicted octanol–water partition coefficient (Wildman–Crippen LogP) is 2.01. The lowest BCUT2D eigenvalue weighted by Gasteiger charge is -2.33. The molecule has 3 N–H and O–H groups in total. The van der Waals surface area contributed by atoms with Crippen molar-refractivity contribution in [1.29, 1.82) is 0 Å². The molecule has 0 bridgehead atoms. The number of aromatic nitrogens is 1. The number of pyridine rings is 1. The molecule has 0 unspecified atom stereocenters. The van der Waals surface area contributed by atoms with E-state index < -0.39 is 11.8 Å². The standard InChI is InChI=1S/C21H25N5O3/c1-15(27)24-17-4-2-5-18(12-17)25-21(29)20(28)23-13-16-7-10-26(11-8-16)19-6-3-9-22-14-19/h2-6,9,12,14,16H,7-8,10-11,13H2,1H3,(H,23,28)(H,24,27)(H,25,29). The molecule has 2 aromatic rings. The smallest absolute Gasteiger partial charge is 0.313 e. The van der Waals surface area contributed by atoms with Gasteiger partial charge in [-0.05, 0) is 49.1 Å². The average molecular weight is 395 g/mol. The van der Waals surface area contributed by atoms with Crippen LogP contribution in [0.1, 0.15) is 19.8 Å². The van der Waals surface area contributed by atoms with Gasteiger partial charge >= 0.3 is 11.8 Å². The number of nitrogens with zero attached hydrogens (tertiary/aromatic N) is 2. The molecular formula is C21H25N5O3. The summed E-state index contributed by atoms with van der Waals surface area (Å²) in [5.74, 6) is -1.26. The highest BCUT2D eigenvalue weighted by molar-refractivity contribution is 6.39. The molecule has 29 heavy (non-hydrogen) atoms. The number of rotatable bonds is 5. The zero-order valence-electron chi connectivity index (χ0n) is 16.4. The molecule has 8 heteroatoms. The quantitative estimate of drug-likeness (QED) is 0.672. The molecule has 0 aliphatic carbocycles. The van der Waals surface area contributed by atoms with Gasteiger partial charge in [0.05, 0.1) is 11.9 Å². The van der Waals surface area contributed by atoms with E-state index in [0.29, 0.717) is 23.8 Å². The van der Waals surface area contributed by atoms with Crippen molar-refractivity contribution < 1.29 is 14.4 Å². The third-order valence-corrected chi connectivity index (χ3v) is 4.82. The molecule has 1 aromatic carbocycles. The van der Waals surface area contributed by atoms with Crippen LogP contribution in [0, 0.1) is 5.92 Å². The van der Waals surface area contributed by atoms with Gasteiger partial charge in [-0.1, -0.05) is 6.07 Å². The largest absolute Gasteiger partial charge is 0.370 e. The lowest BCUT2D eigenvalue weighted by Crippen LogP contribution is -2.41. The van der Waals surface area contributed by atoms with E-state index in [9.17, 15) is 14.4 Å². The topological polar surface area (TPSA) is 103 Å². The minimum absolute atomic E-state index is 0.208. The molecule has 0 saturated carbocycles. The van der Waals surface area contributed by atoms with Crippen LogP contribution in [0.5, 0.6) is 0 Å². The van der Waals surface area contributed by atoms with E-state index in [1.54, 1.807) is 30.5 Å². The number of amides is 3. The van der Waals surface area contributed by atoms with Crippen molar-refractivity contribution in [3.05, 3.63) is 48.8 Å². The number of carbonyl (C=O) groups excluding carboxylic acids is 3. The van der Waals surface area contributed by atoms with Crippen molar-refractivity contribution in [3.63, 3.8) is 0 Å². The number of hydrogen-bond donors (Lipinski definition) is 3. The molecule has 1 aliphatic heterocycles. The second-order valence-electron chi connectivity index (χ2n) is 7.07. The SMILES string of the molecule is CC(=O)Nc1cccc(NC(=O)C(=O)NCC2CCN(c3cccnc3)CC2)c1. The van der Waals surface area contributed by atoms with E-state index in [2.05, 4.69) is 25.8 Å². The van der Waals surface area contributed by atoms with Gasteiger partial charge in [0, 0.05) is 44.1 Å². The monoisotopic (exact) mass is 395 g/mol. The average Bonchev–Trinajstić information content (AvgIpc) is 2.73. The molecule has 0 radical (unpaired) electrons. The number of benzene rings is 1. The first kappa shape index (κ1) is 20.3. The Labute approximate surface area is 169 Å². The number of anilines is 3. The van der Waals surface area contributed by atoms with Gasteiger partial charge in [-0.2, -0.15) is 0 Å².